The Balaban J connectivity index is 2.05. The number of aryl methyl sites for hydroxylation is 2. The van der Waals surface area contributed by atoms with E-state index in [1.165, 1.54) is 52.5 Å². The van der Waals surface area contributed by atoms with Crippen molar-refractivity contribution in [2.24, 2.45) is 0 Å². The summed E-state index contributed by atoms with van der Waals surface area (Å²) in [5.74, 6) is 0. The average molecular weight is 301 g/mol. The van der Waals surface area contributed by atoms with Crippen molar-refractivity contribution in [3.8, 4) is 11.3 Å². The summed E-state index contributed by atoms with van der Waals surface area (Å²) in [6, 6.07) is 18.2. The zero-order valence-corrected chi connectivity index (χ0v) is 13.9. The third-order valence-electron chi connectivity index (χ3n) is 5.02. The minimum absolute atomic E-state index is 0.470. The fourth-order valence-corrected chi connectivity index (χ4v) is 3.89. The second-order valence-corrected chi connectivity index (χ2v) is 6.66. The third-order valence-corrected chi connectivity index (χ3v) is 5.02. The van der Waals surface area contributed by atoms with Gasteiger partial charge in [0.15, 0.2) is 0 Å². The molecule has 2 aromatic carbocycles. The number of rotatable bonds is 2. The van der Waals surface area contributed by atoms with Crippen molar-refractivity contribution in [1.29, 1.82) is 0 Å². The molecule has 0 aliphatic heterocycles. The van der Waals surface area contributed by atoms with Gasteiger partial charge in [-0.2, -0.15) is 0 Å². The van der Waals surface area contributed by atoms with E-state index in [0.717, 1.165) is 0 Å². The van der Waals surface area contributed by atoms with Crippen LogP contribution in [0, 0.1) is 13.8 Å². The number of fused-ring (bicyclic) bond motifs is 1. The standard InChI is InChI=1S/C22H23N/c1-16-13-14-21-20(15-16)17(2)22(18-9-5-3-6-10-18)23(21)19-11-7-4-8-12-19/h3,5-7,9-11,13-15,19H,4,8,12H2,1-2H3. The van der Waals surface area contributed by atoms with Crippen LogP contribution in [0.15, 0.2) is 60.7 Å². The van der Waals surface area contributed by atoms with Gasteiger partial charge in [-0.1, -0.05) is 54.1 Å². The highest BCUT2D eigenvalue weighted by atomic mass is 15.0. The van der Waals surface area contributed by atoms with Crippen molar-refractivity contribution >= 4 is 10.9 Å². The zero-order chi connectivity index (χ0) is 15.8. The van der Waals surface area contributed by atoms with Crippen molar-refractivity contribution in [2.75, 3.05) is 0 Å². The lowest BCUT2D eigenvalue weighted by molar-refractivity contribution is 0.534. The summed E-state index contributed by atoms with van der Waals surface area (Å²) in [7, 11) is 0. The molecule has 3 aromatic rings. The van der Waals surface area contributed by atoms with Crippen LogP contribution in [-0.4, -0.2) is 4.57 Å². The molecule has 0 bridgehead atoms. The van der Waals surface area contributed by atoms with Crippen molar-refractivity contribution in [2.45, 2.75) is 39.2 Å². The molecule has 1 aliphatic carbocycles. The molecule has 0 fully saturated rings. The molecular formula is C22H23N. The summed E-state index contributed by atoms with van der Waals surface area (Å²) < 4.78 is 2.56. The highest BCUT2D eigenvalue weighted by Gasteiger charge is 2.21. The second kappa shape index (κ2) is 5.73. The first kappa shape index (κ1) is 14.3. The van der Waals surface area contributed by atoms with Crippen molar-refractivity contribution in [1.82, 2.24) is 4.57 Å². The van der Waals surface area contributed by atoms with E-state index in [-0.39, 0.29) is 0 Å². The summed E-state index contributed by atoms with van der Waals surface area (Å²) in [6.07, 6.45) is 8.47. The average Bonchev–Trinajstić information content (AvgIpc) is 2.89. The Morgan fingerprint density at radius 2 is 1.83 bits per heavy atom. The van der Waals surface area contributed by atoms with Crippen molar-refractivity contribution in [3.05, 3.63) is 71.8 Å². The van der Waals surface area contributed by atoms with Gasteiger partial charge in [-0.3, -0.25) is 0 Å². The Labute approximate surface area is 138 Å². The van der Waals surface area contributed by atoms with Crippen LogP contribution in [0.5, 0.6) is 0 Å². The predicted molar refractivity (Wildman–Crippen MR) is 98.9 cm³/mol. The molecule has 0 N–H and O–H groups in total. The van der Waals surface area contributed by atoms with E-state index in [2.05, 4.69) is 79.1 Å². The third kappa shape index (κ3) is 2.41. The second-order valence-electron chi connectivity index (χ2n) is 6.66. The van der Waals surface area contributed by atoms with Crippen LogP contribution >= 0.6 is 0 Å². The van der Waals surface area contributed by atoms with Gasteiger partial charge in [0.25, 0.3) is 0 Å². The molecule has 1 heterocycles. The van der Waals surface area contributed by atoms with Gasteiger partial charge < -0.3 is 4.57 Å². The predicted octanol–water partition coefficient (Wildman–Crippen LogP) is 6.21. The van der Waals surface area contributed by atoms with E-state index in [1.54, 1.807) is 0 Å². The highest BCUT2D eigenvalue weighted by molar-refractivity contribution is 5.92. The molecular weight excluding hydrogens is 278 g/mol. The van der Waals surface area contributed by atoms with Crippen molar-refractivity contribution in [3.63, 3.8) is 0 Å². The van der Waals surface area contributed by atoms with Crippen LogP contribution in [0.1, 0.15) is 36.4 Å². The highest BCUT2D eigenvalue weighted by Crippen LogP contribution is 2.38. The Hall–Kier alpha value is -2.28. The summed E-state index contributed by atoms with van der Waals surface area (Å²) in [4.78, 5) is 0. The molecule has 1 aliphatic rings. The Morgan fingerprint density at radius 3 is 2.57 bits per heavy atom. The number of nitrogens with zero attached hydrogens (tertiary/aromatic N) is 1. The molecule has 0 spiro atoms. The summed E-state index contributed by atoms with van der Waals surface area (Å²) in [6.45, 7) is 4.45. The minimum atomic E-state index is 0.470. The van der Waals surface area contributed by atoms with E-state index >= 15 is 0 Å². The van der Waals surface area contributed by atoms with Crippen LogP contribution in [0.4, 0.5) is 0 Å². The number of hydrogen-bond donors (Lipinski definition) is 0. The lowest BCUT2D eigenvalue weighted by Gasteiger charge is -2.23. The van der Waals surface area contributed by atoms with Crippen LogP contribution in [0.2, 0.25) is 0 Å². The van der Waals surface area contributed by atoms with E-state index < -0.39 is 0 Å². The molecule has 4 rings (SSSR count). The van der Waals surface area contributed by atoms with Gasteiger partial charge in [0.05, 0.1) is 11.7 Å². The van der Waals surface area contributed by atoms with Gasteiger partial charge in [-0.15, -0.1) is 0 Å². The molecule has 116 valence electrons. The number of hydrogen-bond acceptors (Lipinski definition) is 0. The van der Waals surface area contributed by atoms with Crippen LogP contribution < -0.4 is 0 Å². The van der Waals surface area contributed by atoms with Crippen LogP contribution in [0.25, 0.3) is 22.2 Å². The number of benzene rings is 2. The minimum Gasteiger partial charge on any atom is -0.333 e. The van der Waals surface area contributed by atoms with Crippen LogP contribution in [-0.2, 0) is 0 Å². The SMILES string of the molecule is Cc1ccc2c(c1)c(C)c(-c1ccccc1)n2C1C=CCCC1. The van der Waals surface area contributed by atoms with Gasteiger partial charge in [0.1, 0.15) is 0 Å². The first-order valence-corrected chi connectivity index (χ1v) is 8.59. The molecule has 1 unspecified atom stereocenters. The van der Waals surface area contributed by atoms with Gasteiger partial charge in [0, 0.05) is 10.9 Å². The Bertz CT molecular complexity index is 868. The maximum absolute atomic E-state index is 2.56. The Kier molecular flexibility index (Phi) is 3.57. The normalized spacial score (nSPS) is 17.7. The number of aromatic nitrogens is 1. The fourth-order valence-electron chi connectivity index (χ4n) is 3.89. The molecule has 23 heavy (non-hydrogen) atoms. The van der Waals surface area contributed by atoms with Gasteiger partial charge >= 0.3 is 0 Å². The fraction of sp³-hybridized carbons (Fsp3) is 0.273. The van der Waals surface area contributed by atoms with E-state index in [9.17, 15) is 0 Å². The lowest BCUT2D eigenvalue weighted by atomic mass is 10.0. The van der Waals surface area contributed by atoms with E-state index in [4.69, 9.17) is 0 Å². The molecule has 0 radical (unpaired) electrons. The molecule has 0 saturated carbocycles. The van der Waals surface area contributed by atoms with E-state index in [0.29, 0.717) is 6.04 Å². The first-order chi connectivity index (χ1) is 11.3. The number of allylic oxidation sites excluding steroid dienone is 2. The summed E-state index contributed by atoms with van der Waals surface area (Å²) in [5.41, 5.74) is 6.79. The Morgan fingerprint density at radius 1 is 1.00 bits per heavy atom. The van der Waals surface area contributed by atoms with Crippen molar-refractivity contribution < 1.29 is 0 Å². The van der Waals surface area contributed by atoms with E-state index in [1.807, 2.05) is 0 Å². The monoisotopic (exact) mass is 301 g/mol. The molecule has 0 saturated heterocycles. The lowest BCUT2D eigenvalue weighted by Crippen LogP contribution is -2.10. The maximum atomic E-state index is 2.56. The molecule has 0 amide bonds. The largest absolute Gasteiger partial charge is 0.333 e. The van der Waals surface area contributed by atoms with Gasteiger partial charge in [-0.05, 0) is 56.4 Å². The summed E-state index contributed by atoms with van der Waals surface area (Å²) in [5, 5.41) is 1.39. The maximum Gasteiger partial charge on any atom is 0.0526 e. The molecule has 1 atom stereocenters. The zero-order valence-electron chi connectivity index (χ0n) is 13.9. The topological polar surface area (TPSA) is 4.93 Å². The molecule has 1 aromatic heterocycles. The smallest absolute Gasteiger partial charge is 0.0526 e. The van der Waals surface area contributed by atoms with Gasteiger partial charge in [0.2, 0.25) is 0 Å². The quantitative estimate of drug-likeness (QED) is 0.496. The van der Waals surface area contributed by atoms with Gasteiger partial charge in [-0.25, -0.2) is 0 Å². The first-order valence-electron chi connectivity index (χ1n) is 8.59. The van der Waals surface area contributed by atoms with Crippen LogP contribution in [0.3, 0.4) is 0 Å². The molecule has 1 nitrogen and oxygen atoms in total. The molecule has 1 heteroatoms. The summed E-state index contributed by atoms with van der Waals surface area (Å²) >= 11 is 0.